The first kappa shape index (κ1) is 10.4. The molecule has 0 fully saturated rings. The van der Waals surface area contributed by atoms with Crippen LogP contribution in [0.2, 0.25) is 10.0 Å². The monoisotopic (exact) mass is 241 g/mol. The zero-order valence-electron chi connectivity index (χ0n) is 7.82. The number of rotatable bonds is 2. The van der Waals surface area contributed by atoms with Gasteiger partial charge < -0.3 is 9.67 Å². The number of hydrogen-bond donors (Lipinski definition) is 1. The Kier molecular flexibility index (Phi) is 2.89. The largest absolute Gasteiger partial charge is 0.506 e. The molecule has 0 unspecified atom stereocenters. The topological polar surface area (TPSA) is 25.2 Å². The molecule has 0 spiro atoms. The lowest BCUT2D eigenvalue weighted by molar-refractivity contribution is 0.474. The Labute approximate surface area is 97.7 Å². The summed E-state index contributed by atoms with van der Waals surface area (Å²) in [4.78, 5) is 0. The third-order valence-corrected chi connectivity index (χ3v) is 2.82. The smallest absolute Gasteiger partial charge is 0.133 e. The van der Waals surface area contributed by atoms with Gasteiger partial charge in [0.15, 0.2) is 0 Å². The van der Waals surface area contributed by atoms with E-state index in [2.05, 4.69) is 0 Å². The highest BCUT2D eigenvalue weighted by Crippen LogP contribution is 2.23. The van der Waals surface area contributed by atoms with E-state index in [-0.39, 0.29) is 5.75 Å². The van der Waals surface area contributed by atoms with Gasteiger partial charge in [0.05, 0.1) is 10.0 Å². The molecule has 1 heterocycles. The van der Waals surface area contributed by atoms with E-state index in [4.69, 9.17) is 28.3 Å². The van der Waals surface area contributed by atoms with Crippen LogP contribution >= 0.6 is 23.2 Å². The van der Waals surface area contributed by atoms with Crippen LogP contribution in [0.15, 0.2) is 36.7 Å². The SMILES string of the molecule is Oc1ccn(Cc2ccc(Cl)c(Cl)c2)c1. The molecular weight excluding hydrogens is 233 g/mol. The molecule has 0 bridgehead atoms. The average molecular weight is 242 g/mol. The van der Waals surface area contributed by atoms with Crippen molar-refractivity contribution in [1.29, 1.82) is 0 Å². The zero-order valence-corrected chi connectivity index (χ0v) is 9.33. The summed E-state index contributed by atoms with van der Waals surface area (Å²) < 4.78 is 1.87. The van der Waals surface area contributed by atoms with E-state index in [1.54, 1.807) is 24.5 Å². The fourth-order valence-corrected chi connectivity index (χ4v) is 1.70. The molecule has 0 aliphatic heterocycles. The molecule has 0 aliphatic carbocycles. The van der Waals surface area contributed by atoms with Crippen LogP contribution in [0.1, 0.15) is 5.56 Å². The van der Waals surface area contributed by atoms with E-state index < -0.39 is 0 Å². The van der Waals surface area contributed by atoms with Crippen LogP contribution < -0.4 is 0 Å². The molecule has 2 aromatic rings. The third kappa shape index (κ3) is 2.46. The van der Waals surface area contributed by atoms with Crippen molar-refractivity contribution in [2.24, 2.45) is 0 Å². The average Bonchev–Trinajstić information content (AvgIpc) is 2.58. The summed E-state index contributed by atoms with van der Waals surface area (Å²) in [6, 6.07) is 7.13. The van der Waals surface area contributed by atoms with Gasteiger partial charge in [-0.05, 0) is 23.8 Å². The van der Waals surface area contributed by atoms with Crippen molar-refractivity contribution in [3.05, 3.63) is 52.3 Å². The lowest BCUT2D eigenvalue weighted by Crippen LogP contribution is -1.95. The summed E-state index contributed by atoms with van der Waals surface area (Å²) in [6.07, 6.45) is 3.46. The molecular formula is C11H9Cl2NO. The summed E-state index contributed by atoms with van der Waals surface area (Å²) in [5.41, 5.74) is 1.04. The predicted octanol–water partition coefficient (Wildman–Crippen LogP) is 3.55. The molecule has 15 heavy (non-hydrogen) atoms. The molecule has 1 aromatic carbocycles. The van der Waals surface area contributed by atoms with Crippen molar-refractivity contribution < 1.29 is 5.11 Å². The minimum absolute atomic E-state index is 0.259. The Morgan fingerprint density at radius 3 is 2.53 bits per heavy atom. The summed E-state index contributed by atoms with van der Waals surface area (Å²) in [6.45, 7) is 0.664. The van der Waals surface area contributed by atoms with Crippen molar-refractivity contribution in [2.75, 3.05) is 0 Å². The first-order valence-electron chi connectivity index (χ1n) is 4.44. The third-order valence-electron chi connectivity index (χ3n) is 2.08. The number of benzene rings is 1. The van der Waals surface area contributed by atoms with Crippen molar-refractivity contribution in [1.82, 2.24) is 4.57 Å². The maximum Gasteiger partial charge on any atom is 0.133 e. The second-order valence-electron chi connectivity index (χ2n) is 3.29. The van der Waals surface area contributed by atoms with E-state index in [1.807, 2.05) is 16.7 Å². The number of aromatic nitrogens is 1. The molecule has 0 amide bonds. The highest BCUT2D eigenvalue weighted by Gasteiger charge is 2.00. The minimum atomic E-state index is 0.259. The van der Waals surface area contributed by atoms with E-state index in [0.717, 1.165) is 5.56 Å². The van der Waals surface area contributed by atoms with Gasteiger partial charge in [0.25, 0.3) is 0 Å². The van der Waals surface area contributed by atoms with Gasteiger partial charge in [-0.1, -0.05) is 29.3 Å². The zero-order chi connectivity index (χ0) is 10.8. The molecule has 1 aromatic heterocycles. The van der Waals surface area contributed by atoms with Gasteiger partial charge in [0.2, 0.25) is 0 Å². The van der Waals surface area contributed by atoms with Crippen LogP contribution in [0.5, 0.6) is 5.75 Å². The van der Waals surface area contributed by atoms with Crippen molar-refractivity contribution in [3.63, 3.8) is 0 Å². The molecule has 0 aliphatic rings. The fraction of sp³-hybridized carbons (Fsp3) is 0.0909. The van der Waals surface area contributed by atoms with E-state index in [0.29, 0.717) is 16.6 Å². The first-order valence-corrected chi connectivity index (χ1v) is 5.19. The summed E-state index contributed by atoms with van der Waals surface area (Å²) in [5, 5.41) is 10.3. The van der Waals surface area contributed by atoms with E-state index >= 15 is 0 Å². The lowest BCUT2D eigenvalue weighted by Gasteiger charge is -2.04. The van der Waals surface area contributed by atoms with Crippen LogP contribution in [0.25, 0.3) is 0 Å². The lowest BCUT2D eigenvalue weighted by atomic mass is 10.2. The predicted molar refractivity (Wildman–Crippen MR) is 61.7 cm³/mol. The maximum atomic E-state index is 9.16. The van der Waals surface area contributed by atoms with Crippen LogP contribution in [-0.2, 0) is 6.54 Å². The van der Waals surface area contributed by atoms with E-state index in [9.17, 15) is 0 Å². The van der Waals surface area contributed by atoms with Gasteiger partial charge in [-0.3, -0.25) is 0 Å². The van der Waals surface area contributed by atoms with Gasteiger partial charge in [0, 0.05) is 18.9 Å². The van der Waals surface area contributed by atoms with Gasteiger partial charge in [-0.25, -0.2) is 0 Å². The molecule has 0 saturated heterocycles. The van der Waals surface area contributed by atoms with Crippen molar-refractivity contribution in [2.45, 2.75) is 6.54 Å². The van der Waals surface area contributed by atoms with Crippen LogP contribution in [-0.4, -0.2) is 9.67 Å². The Morgan fingerprint density at radius 1 is 1.13 bits per heavy atom. The summed E-state index contributed by atoms with van der Waals surface area (Å²) in [7, 11) is 0. The van der Waals surface area contributed by atoms with Crippen LogP contribution in [0.4, 0.5) is 0 Å². The van der Waals surface area contributed by atoms with E-state index in [1.165, 1.54) is 0 Å². The van der Waals surface area contributed by atoms with Gasteiger partial charge >= 0.3 is 0 Å². The minimum Gasteiger partial charge on any atom is -0.506 e. The van der Waals surface area contributed by atoms with Crippen LogP contribution in [0, 0.1) is 0 Å². The van der Waals surface area contributed by atoms with Crippen LogP contribution in [0.3, 0.4) is 0 Å². The molecule has 1 N–H and O–H groups in total. The normalized spacial score (nSPS) is 10.5. The van der Waals surface area contributed by atoms with Gasteiger partial charge in [-0.2, -0.15) is 0 Å². The summed E-state index contributed by atoms with van der Waals surface area (Å²) in [5.74, 6) is 0.259. The maximum absolute atomic E-state index is 9.16. The molecule has 0 saturated carbocycles. The highest BCUT2D eigenvalue weighted by molar-refractivity contribution is 6.42. The summed E-state index contributed by atoms with van der Waals surface area (Å²) >= 11 is 11.7. The molecule has 78 valence electrons. The molecule has 0 radical (unpaired) electrons. The fourth-order valence-electron chi connectivity index (χ4n) is 1.38. The molecule has 0 atom stereocenters. The number of halogens is 2. The number of hydrogen-bond acceptors (Lipinski definition) is 1. The first-order chi connectivity index (χ1) is 7.15. The molecule has 4 heteroatoms. The second kappa shape index (κ2) is 4.17. The second-order valence-corrected chi connectivity index (χ2v) is 4.10. The Morgan fingerprint density at radius 2 is 1.93 bits per heavy atom. The highest BCUT2D eigenvalue weighted by atomic mass is 35.5. The number of nitrogens with zero attached hydrogens (tertiary/aromatic N) is 1. The Hall–Kier alpha value is -1.12. The molecule has 2 rings (SSSR count). The van der Waals surface area contributed by atoms with Crippen molar-refractivity contribution in [3.8, 4) is 5.75 Å². The quantitative estimate of drug-likeness (QED) is 0.855. The van der Waals surface area contributed by atoms with Gasteiger partial charge in [0.1, 0.15) is 5.75 Å². The molecule has 2 nitrogen and oxygen atoms in total. The Balaban J connectivity index is 2.21. The standard InChI is InChI=1S/C11H9Cl2NO/c12-10-2-1-8(5-11(10)13)6-14-4-3-9(15)7-14/h1-5,7,15H,6H2. The van der Waals surface area contributed by atoms with Gasteiger partial charge in [-0.15, -0.1) is 0 Å². The Bertz CT molecular complexity index is 479. The number of aromatic hydroxyl groups is 1. The van der Waals surface area contributed by atoms with Crippen molar-refractivity contribution >= 4 is 23.2 Å².